The van der Waals surface area contributed by atoms with Gasteiger partial charge in [-0.2, -0.15) is 5.10 Å². The molecule has 6 nitrogen and oxygen atoms in total. The van der Waals surface area contributed by atoms with Gasteiger partial charge in [-0.3, -0.25) is 5.32 Å². The van der Waals surface area contributed by atoms with Crippen LogP contribution in [0.15, 0.2) is 65.1 Å². The van der Waals surface area contributed by atoms with E-state index >= 15 is 0 Å². The van der Waals surface area contributed by atoms with Crippen molar-refractivity contribution in [1.29, 1.82) is 0 Å². The van der Waals surface area contributed by atoms with Crippen LogP contribution in [0.25, 0.3) is 5.69 Å². The van der Waals surface area contributed by atoms with Gasteiger partial charge in [-0.1, -0.05) is 36.4 Å². The highest BCUT2D eigenvalue weighted by molar-refractivity contribution is 9.10. The SMILES string of the molecule is COCc1nn(-c2ccccc2)c(NC(=O)Oc2ccccc2)c1Br. The molecular weight excluding hydrogens is 386 g/mol. The van der Waals surface area contributed by atoms with Crippen molar-refractivity contribution in [1.82, 2.24) is 9.78 Å². The van der Waals surface area contributed by atoms with Crippen molar-refractivity contribution in [2.24, 2.45) is 0 Å². The maximum absolute atomic E-state index is 12.3. The van der Waals surface area contributed by atoms with Gasteiger partial charge in [0.15, 0.2) is 5.82 Å². The standard InChI is InChI=1S/C18H16BrN3O3/c1-24-12-15-16(19)17(22(21-15)13-8-4-2-5-9-13)20-18(23)25-14-10-6-3-7-11-14/h2-11H,12H2,1H3,(H,20,23). The number of nitrogens with one attached hydrogen (secondary N) is 1. The van der Waals surface area contributed by atoms with E-state index in [0.29, 0.717) is 28.3 Å². The molecule has 0 bridgehead atoms. The zero-order chi connectivity index (χ0) is 17.6. The largest absolute Gasteiger partial charge is 0.418 e. The maximum atomic E-state index is 12.3. The fourth-order valence-electron chi connectivity index (χ4n) is 2.25. The lowest BCUT2D eigenvalue weighted by molar-refractivity contribution is 0.180. The molecule has 1 amide bonds. The Morgan fingerprint density at radius 3 is 2.40 bits per heavy atom. The van der Waals surface area contributed by atoms with Crippen LogP contribution in [0.5, 0.6) is 5.75 Å². The van der Waals surface area contributed by atoms with Crippen LogP contribution in [0.2, 0.25) is 0 Å². The van der Waals surface area contributed by atoms with Gasteiger partial charge < -0.3 is 9.47 Å². The molecule has 0 aliphatic carbocycles. The lowest BCUT2D eigenvalue weighted by Crippen LogP contribution is -2.19. The molecule has 0 saturated carbocycles. The molecular formula is C18H16BrN3O3. The van der Waals surface area contributed by atoms with Gasteiger partial charge in [0.1, 0.15) is 11.4 Å². The Morgan fingerprint density at radius 1 is 1.12 bits per heavy atom. The first-order valence-electron chi connectivity index (χ1n) is 7.54. The zero-order valence-electron chi connectivity index (χ0n) is 13.5. The third-order valence-electron chi connectivity index (χ3n) is 3.35. The summed E-state index contributed by atoms with van der Waals surface area (Å²) in [5, 5.41) is 7.25. The van der Waals surface area contributed by atoms with E-state index in [1.54, 1.807) is 36.1 Å². The smallest absolute Gasteiger partial charge is 0.410 e. The molecule has 0 atom stereocenters. The maximum Gasteiger partial charge on any atom is 0.418 e. The summed E-state index contributed by atoms with van der Waals surface area (Å²) in [6, 6.07) is 18.3. The highest BCUT2D eigenvalue weighted by Gasteiger charge is 2.19. The average Bonchev–Trinajstić information content (AvgIpc) is 2.93. The summed E-state index contributed by atoms with van der Waals surface area (Å²) in [4.78, 5) is 12.3. The normalized spacial score (nSPS) is 10.5. The Labute approximate surface area is 153 Å². The number of para-hydroxylation sites is 2. The summed E-state index contributed by atoms with van der Waals surface area (Å²) < 4.78 is 12.7. The Kier molecular flexibility index (Phi) is 5.47. The summed E-state index contributed by atoms with van der Waals surface area (Å²) in [5.74, 6) is 0.929. The van der Waals surface area contributed by atoms with Crippen LogP contribution >= 0.6 is 15.9 Å². The number of anilines is 1. The molecule has 0 unspecified atom stereocenters. The van der Waals surface area contributed by atoms with Gasteiger partial charge in [0.2, 0.25) is 0 Å². The average molecular weight is 402 g/mol. The van der Waals surface area contributed by atoms with E-state index in [4.69, 9.17) is 9.47 Å². The van der Waals surface area contributed by atoms with Gasteiger partial charge in [-0.05, 0) is 40.2 Å². The van der Waals surface area contributed by atoms with Crippen LogP contribution in [-0.2, 0) is 11.3 Å². The molecule has 25 heavy (non-hydrogen) atoms. The third kappa shape index (κ3) is 4.07. The lowest BCUT2D eigenvalue weighted by atomic mass is 10.3. The number of halogens is 1. The van der Waals surface area contributed by atoms with E-state index in [0.717, 1.165) is 5.69 Å². The predicted molar refractivity (Wildman–Crippen MR) is 98.1 cm³/mol. The molecule has 2 aromatic carbocycles. The number of methoxy groups -OCH3 is 1. The molecule has 3 rings (SSSR count). The Hall–Kier alpha value is -2.64. The Balaban J connectivity index is 1.90. The summed E-state index contributed by atoms with van der Waals surface area (Å²) in [5.41, 5.74) is 1.47. The molecule has 0 saturated heterocycles. The van der Waals surface area contributed by atoms with E-state index in [-0.39, 0.29) is 0 Å². The number of carbonyl (C=O) groups excluding carboxylic acids is 1. The van der Waals surface area contributed by atoms with Gasteiger partial charge in [0.25, 0.3) is 0 Å². The minimum Gasteiger partial charge on any atom is -0.410 e. The van der Waals surface area contributed by atoms with Crippen molar-refractivity contribution in [2.45, 2.75) is 6.61 Å². The molecule has 0 aliphatic rings. The van der Waals surface area contributed by atoms with Crippen molar-refractivity contribution < 1.29 is 14.3 Å². The molecule has 1 heterocycles. The van der Waals surface area contributed by atoms with Crippen LogP contribution in [0.3, 0.4) is 0 Å². The fourth-order valence-corrected chi connectivity index (χ4v) is 2.72. The zero-order valence-corrected chi connectivity index (χ0v) is 15.1. The molecule has 0 spiro atoms. The minimum atomic E-state index is -0.604. The van der Waals surface area contributed by atoms with Gasteiger partial charge in [-0.15, -0.1) is 0 Å². The molecule has 3 aromatic rings. The molecule has 128 valence electrons. The van der Waals surface area contributed by atoms with Crippen LogP contribution in [0.4, 0.5) is 10.6 Å². The van der Waals surface area contributed by atoms with E-state index in [1.165, 1.54) is 0 Å². The van der Waals surface area contributed by atoms with Crippen LogP contribution in [0.1, 0.15) is 5.69 Å². The van der Waals surface area contributed by atoms with Gasteiger partial charge in [-0.25, -0.2) is 9.48 Å². The number of hydrogen-bond acceptors (Lipinski definition) is 4. The number of ether oxygens (including phenoxy) is 2. The van der Waals surface area contributed by atoms with Crippen LogP contribution < -0.4 is 10.1 Å². The summed E-state index contributed by atoms with van der Waals surface area (Å²) in [6.07, 6.45) is -0.604. The highest BCUT2D eigenvalue weighted by atomic mass is 79.9. The quantitative estimate of drug-likeness (QED) is 0.688. The molecule has 1 aromatic heterocycles. The molecule has 0 fully saturated rings. The van der Waals surface area contributed by atoms with E-state index in [1.807, 2.05) is 36.4 Å². The highest BCUT2D eigenvalue weighted by Crippen LogP contribution is 2.30. The van der Waals surface area contributed by atoms with E-state index < -0.39 is 6.09 Å². The van der Waals surface area contributed by atoms with Crippen LogP contribution in [-0.4, -0.2) is 23.0 Å². The molecule has 1 N–H and O–H groups in total. The first-order chi connectivity index (χ1) is 12.2. The number of rotatable bonds is 5. The van der Waals surface area contributed by atoms with Crippen LogP contribution in [0, 0.1) is 0 Å². The van der Waals surface area contributed by atoms with Crippen molar-refractivity contribution in [3.8, 4) is 11.4 Å². The number of nitrogens with zero attached hydrogens (tertiary/aromatic N) is 2. The lowest BCUT2D eigenvalue weighted by Gasteiger charge is -2.10. The van der Waals surface area contributed by atoms with Gasteiger partial charge >= 0.3 is 6.09 Å². The first kappa shape index (κ1) is 17.2. The molecule has 7 heteroatoms. The van der Waals surface area contributed by atoms with Crippen molar-refractivity contribution in [2.75, 3.05) is 12.4 Å². The predicted octanol–water partition coefficient (Wildman–Crippen LogP) is 4.39. The summed E-state index contributed by atoms with van der Waals surface area (Å²) in [6.45, 7) is 0.308. The molecule has 0 aliphatic heterocycles. The van der Waals surface area contributed by atoms with Crippen molar-refractivity contribution >= 4 is 27.8 Å². The number of carbonyl (C=O) groups is 1. The number of aromatic nitrogens is 2. The molecule has 0 radical (unpaired) electrons. The fraction of sp³-hybridized carbons (Fsp3) is 0.111. The van der Waals surface area contributed by atoms with E-state index in [2.05, 4.69) is 26.3 Å². The number of hydrogen-bond donors (Lipinski definition) is 1. The Morgan fingerprint density at radius 2 is 1.76 bits per heavy atom. The second kappa shape index (κ2) is 7.96. The van der Waals surface area contributed by atoms with Crippen molar-refractivity contribution in [3.63, 3.8) is 0 Å². The van der Waals surface area contributed by atoms with Gasteiger partial charge in [0, 0.05) is 7.11 Å². The summed E-state index contributed by atoms with van der Waals surface area (Å²) in [7, 11) is 1.59. The number of benzene rings is 2. The topological polar surface area (TPSA) is 65.4 Å². The van der Waals surface area contributed by atoms with E-state index in [9.17, 15) is 4.79 Å². The van der Waals surface area contributed by atoms with Gasteiger partial charge in [0.05, 0.1) is 16.8 Å². The minimum absolute atomic E-state index is 0.308. The second-order valence-corrected chi connectivity index (χ2v) is 5.91. The monoisotopic (exact) mass is 401 g/mol. The summed E-state index contributed by atoms with van der Waals surface area (Å²) >= 11 is 3.48. The van der Waals surface area contributed by atoms with Crippen molar-refractivity contribution in [3.05, 3.63) is 70.8 Å². The first-order valence-corrected chi connectivity index (χ1v) is 8.34. The third-order valence-corrected chi connectivity index (χ3v) is 4.18. The Bertz CT molecular complexity index is 851. The number of amides is 1. The second-order valence-electron chi connectivity index (χ2n) is 5.12.